The van der Waals surface area contributed by atoms with Gasteiger partial charge in [0.05, 0.1) is 24.4 Å². The first-order chi connectivity index (χ1) is 13.2. The van der Waals surface area contributed by atoms with E-state index in [0.717, 1.165) is 31.7 Å². The lowest BCUT2D eigenvalue weighted by molar-refractivity contribution is -0.117. The van der Waals surface area contributed by atoms with Gasteiger partial charge in [0, 0.05) is 5.69 Å². The minimum atomic E-state index is -0.267. The highest BCUT2D eigenvalue weighted by Crippen LogP contribution is 2.20. The van der Waals surface area contributed by atoms with Crippen LogP contribution in [0.1, 0.15) is 30.1 Å². The second kappa shape index (κ2) is 9.19. The smallest absolute Gasteiger partial charge is 0.257 e. The summed E-state index contributed by atoms with van der Waals surface area (Å²) in [7, 11) is 0. The van der Waals surface area contributed by atoms with Crippen molar-refractivity contribution in [3.63, 3.8) is 0 Å². The monoisotopic (exact) mass is 367 g/mol. The maximum Gasteiger partial charge on any atom is 0.257 e. The molecule has 6 heteroatoms. The molecule has 2 aromatic rings. The van der Waals surface area contributed by atoms with Crippen molar-refractivity contribution in [2.24, 2.45) is 0 Å². The third kappa shape index (κ3) is 5.31. The predicted octanol–water partition coefficient (Wildman–Crippen LogP) is 3.37. The predicted molar refractivity (Wildman–Crippen MR) is 106 cm³/mol. The van der Waals surface area contributed by atoms with Crippen molar-refractivity contribution in [2.45, 2.75) is 19.8 Å². The summed E-state index contributed by atoms with van der Waals surface area (Å²) in [6.07, 6.45) is 2.27. The molecule has 1 fully saturated rings. The van der Waals surface area contributed by atoms with Gasteiger partial charge in [0.25, 0.3) is 5.91 Å². The van der Waals surface area contributed by atoms with E-state index >= 15 is 0 Å². The minimum Gasteiger partial charge on any atom is -0.494 e. The number of carbonyl (C=O) groups is 2. The fraction of sp³-hybridized carbons (Fsp3) is 0.333. The number of nitrogens with one attached hydrogen (secondary N) is 2. The molecule has 2 amide bonds. The SMILES string of the molecule is CCOc1ccc(NC(=O)c2ccccc2NC(=O)CN2CCCC2)cc1. The number of carbonyl (C=O) groups excluding carboxylic acids is 2. The summed E-state index contributed by atoms with van der Waals surface area (Å²) in [6.45, 7) is 4.77. The van der Waals surface area contributed by atoms with Crippen molar-refractivity contribution in [2.75, 3.05) is 36.9 Å². The van der Waals surface area contributed by atoms with Crippen LogP contribution in [0, 0.1) is 0 Å². The maximum atomic E-state index is 12.7. The van der Waals surface area contributed by atoms with E-state index in [9.17, 15) is 9.59 Å². The highest BCUT2D eigenvalue weighted by atomic mass is 16.5. The number of benzene rings is 2. The highest BCUT2D eigenvalue weighted by molar-refractivity contribution is 6.10. The van der Waals surface area contributed by atoms with E-state index in [1.165, 1.54) is 0 Å². The van der Waals surface area contributed by atoms with Crippen molar-refractivity contribution in [3.05, 3.63) is 54.1 Å². The molecule has 0 saturated carbocycles. The zero-order chi connectivity index (χ0) is 19.1. The Labute approximate surface area is 159 Å². The molecule has 1 aliphatic heterocycles. The van der Waals surface area contributed by atoms with Crippen molar-refractivity contribution in [1.29, 1.82) is 0 Å². The molecule has 0 atom stereocenters. The van der Waals surface area contributed by atoms with Crippen molar-refractivity contribution < 1.29 is 14.3 Å². The fourth-order valence-corrected chi connectivity index (χ4v) is 3.12. The number of nitrogens with zero attached hydrogens (tertiary/aromatic N) is 1. The average molecular weight is 367 g/mol. The van der Waals surface area contributed by atoms with E-state index < -0.39 is 0 Å². The first-order valence-electron chi connectivity index (χ1n) is 9.31. The lowest BCUT2D eigenvalue weighted by atomic mass is 10.1. The molecule has 6 nitrogen and oxygen atoms in total. The zero-order valence-electron chi connectivity index (χ0n) is 15.5. The van der Waals surface area contributed by atoms with Crippen LogP contribution in [-0.2, 0) is 4.79 Å². The number of rotatable bonds is 7. The Morgan fingerprint density at radius 2 is 1.70 bits per heavy atom. The molecule has 0 aromatic heterocycles. The summed E-state index contributed by atoms with van der Waals surface area (Å²) in [5.41, 5.74) is 1.62. The molecule has 3 rings (SSSR count). The Morgan fingerprint density at radius 1 is 1.00 bits per heavy atom. The van der Waals surface area contributed by atoms with Crippen molar-refractivity contribution >= 4 is 23.2 Å². The van der Waals surface area contributed by atoms with Crippen molar-refractivity contribution in [3.8, 4) is 5.75 Å². The number of hydrogen-bond donors (Lipinski definition) is 2. The highest BCUT2D eigenvalue weighted by Gasteiger charge is 2.17. The Hall–Kier alpha value is -2.86. The number of likely N-dealkylation sites (tertiary alicyclic amines) is 1. The summed E-state index contributed by atoms with van der Waals surface area (Å²) < 4.78 is 5.40. The van der Waals surface area contributed by atoms with Gasteiger partial charge in [0.2, 0.25) is 5.91 Å². The van der Waals surface area contributed by atoms with Crippen LogP contribution in [0.2, 0.25) is 0 Å². The second-order valence-corrected chi connectivity index (χ2v) is 6.49. The average Bonchev–Trinajstić information content (AvgIpc) is 3.17. The van der Waals surface area contributed by atoms with Crippen LogP contribution < -0.4 is 15.4 Å². The van der Waals surface area contributed by atoms with Gasteiger partial charge in [0.15, 0.2) is 0 Å². The Balaban J connectivity index is 1.65. The van der Waals surface area contributed by atoms with Crippen LogP contribution in [0.5, 0.6) is 5.75 Å². The Morgan fingerprint density at radius 3 is 2.41 bits per heavy atom. The molecule has 0 unspecified atom stereocenters. The number of hydrogen-bond acceptors (Lipinski definition) is 4. The molecular formula is C21H25N3O3. The molecule has 1 heterocycles. The van der Waals surface area contributed by atoms with Crippen LogP contribution >= 0.6 is 0 Å². The van der Waals surface area contributed by atoms with Crippen LogP contribution in [0.15, 0.2) is 48.5 Å². The third-order valence-electron chi connectivity index (χ3n) is 4.43. The van der Waals surface area contributed by atoms with Gasteiger partial charge in [-0.3, -0.25) is 14.5 Å². The fourth-order valence-electron chi connectivity index (χ4n) is 3.12. The van der Waals surface area contributed by atoms with Gasteiger partial charge < -0.3 is 15.4 Å². The van der Waals surface area contributed by atoms with E-state index in [1.807, 2.05) is 19.1 Å². The van der Waals surface area contributed by atoms with Gasteiger partial charge in [-0.05, 0) is 69.3 Å². The normalized spacial score (nSPS) is 14.0. The Kier molecular flexibility index (Phi) is 6.44. The summed E-state index contributed by atoms with van der Waals surface area (Å²) in [5, 5.41) is 5.73. The third-order valence-corrected chi connectivity index (χ3v) is 4.43. The Bertz CT molecular complexity index is 784. The van der Waals surface area contributed by atoms with Crippen LogP contribution in [-0.4, -0.2) is 43.0 Å². The maximum absolute atomic E-state index is 12.7. The minimum absolute atomic E-state index is 0.0989. The molecule has 0 aliphatic carbocycles. The summed E-state index contributed by atoms with van der Waals surface area (Å²) >= 11 is 0. The van der Waals surface area contributed by atoms with Gasteiger partial charge in [-0.25, -0.2) is 0 Å². The quantitative estimate of drug-likeness (QED) is 0.787. The zero-order valence-corrected chi connectivity index (χ0v) is 15.5. The lowest BCUT2D eigenvalue weighted by Gasteiger charge is -2.16. The lowest BCUT2D eigenvalue weighted by Crippen LogP contribution is -2.31. The largest absolute Gasteiger partial charge is 0.494 e. The molecule has 1 aliphatic rings. The number of amides is 2. The molecule has 2 aromatic carbocycles. The topological polar surface area (TPSA) is 70.7 Å². The molecular weight excluding hydrogens is 342 g/mol. The number of ether oxygens (including phenoxy) is 1. The van der Waals surface area contributed by atoms with Crippen LogP contribution in [0.25, 0.3) is 0 Å². The first kappa shape index (κ1) is 18.9. The molecule has 0 spiro atoms. The van der Waals surface area contributed by atoms with E-state index in [2.05, 4.69) is 15.5 Å². The number of para-hydroxylation sites is 1. The number of anilines is 2. The summed E-state index contributed by atoms with van der Waals surface area (Å²) in [6, 6.07) is 14.2. The van der Waals surface area contributed by atoms with E-state index in [1.54, 1.807) is 36.4 Å². The van der Waals surface area contributed by atoms with Gasteiger partial charge >= 0.3 is 0 Å². The summed E-state index contributed by atoms with van der Waals surface area (Å²) in [5.74, 6) is 0.388. The van der Waals surface area contributed by atoms with Gasteiger partial charge in [-0.2, -0.15) is 0 Å². The van der Waals surface area contributed by atoms with Gasteiger partial charge in [-0.1, -0.05) is 12.1 Å². The molecule has 142 valence electrons. The first-order valence-corrected chi connectivity index (χ1v) is 9.31. The van der Waals surface area contributed by atoms with Gasteiger partial charge in [0.1, 0.15) is 5.75 Å². The molecule has 27 heavy (non-hydrogen) atoms. The van der Waals surface area contributed by atoms with E-state index in [4.69, 9.17) is 4.74 Å². The molecule has 1 saturated heterocycles. The molecule has 0 radical (unpaired) electrons. The molecule has 2 N–H and O–H groups in total. The van der Waals surface area contributed by atoms with Crippen molar-refractivity contribution in [1.82, 2.24) is 4.90 Å². The summed E-state index contributed by atoms with van der Waals surface area (Å²) in [4.78, 5) is 27.1. The second-order valence-electron chi connectivity index (χ2n) is 6.49. The van der Waals surface area contributed by atoms with E-state index in [0.29, 0.717) is 30.1 Å². The molecule has 0 bridgehead atoms. The van der Waals surface area contributed by atoms with E-state index in [-0.39, 0.29) is 11.8 Å². The van der Waals surface area contributed by atoms with Gasteiger partial charge in [-0.15, -0.1) is 0 Å². The standard InChI is InChI=1S/C21H25N3O3/c1-2-27-17-11-9-16(10-12-17)22-21(26)18-7-3-4-8-19(18)23-20(25)15-24-13-5-6-14-24/h3-4,7-12H,2,5-6,13-15H2,1H3,(H,22,26)(H,23,25). The van der Waals surface area contributed by atoms with Crippen LogP contribution in [0.4, 0.5) is 11.4 Å². The van der Waals surface area contributed by atoms with Crippen LogP contribution in [0.3, 0.4) is 0 Å².